The molecule has 2 aliphatic rings. The molecule has 54 heavy (non-hydrogen) atoms. The molecule has 0 aliphatic carbocycles. The number of amides is 3. The zero-order chi connectivity index (χ0) is 37.8. The number of carbonyl (C=O) groups excluding carboxylic acids is 2. The molecule has 4 aromatic carbocycles. The number of aryl methyl sites for hydroxylation is 2. The molecule has 2 saturated heterocycles. The van der Waals surface area contributed by atoms with Crippen LogP contribution in [0.25, 0.3) is 22.4 Å². The summed E-state index contributed by atoms with van der Waals surface area (Å²) >= 11 is 0. The van der Waals surface area contributed by atoms with E-state index >= 15 is 0 Å². The van der Waals surface area contributed by atoms with E-state index in [-0.39, 0.29) is 11.8 Å². The molecule has 3 amide bonds. The van der Waals surface area contributed by atoms with E-state index in [1.165, 1.54) is 50.8 Å². The number of anilines is 1. The Morgan fingerprint density at radius 2 is 1.70 bits per heavy atom. The maximum atomic E-state index is 13.2. The van der Waals surface area contributed by atoms with Crippen molar-refractivity contribution in [2.75, 3.05) is 18.4 Å². The van der Waals surface area contributed by atoms with Gasteiger partial charge in [-0.05, 0) is 123 Å². The van der Waals surface area contributed by atoms with Gasteiger partial charge in [0.1, 0.15) is 17.3 Å². The highest BCUT2D eigenvalue weighted by Gasteiger charge is 2.33. The number of nitrogens with zero attached hydrogens (tertiary/aromatic N) is 3. The smallest absolute Gasteiger partial charge is 0.319 e. The minimum Gasteiger partial charge on any atom is -0.457 e. The number of aromatic nitrogens is 2. The van der Waals surface area contributed by atoms with Crippen LogP contribution >= 0.6 is 0 Å². The topological polar surface area (TPSA) is 115 Å². The molecule has 0 radical (unpaired) electrons. The van der Waals surface area contributed by atoms with E-state index in [0.29, 0.717) is 17.6 Å². The lowest BCUT2D eigenvalue weighted by Crippen LogP contribution is -2.48. The summed E-state index contributed by atoms with van der Waals surface area (Å²) < 4.78 is 8.73. The highest BCUT2D eigenvalue weighted by molar-refractivity contribution is 5.91. The first-order chi connectivity index (χ1) is 26.0. The summed E-state index contributed by atoms with van der Waals surface area (Å²) in [7, 11) is 0. The van der Waals surface area contributed by atoms with Gasteiger partial charge >= 0.3 is 6.03 Å². The van der Waals surface area contributed by atoms with Crippen molar-refractivity contribution in [1.82, 2.24) is 19.8 Å². The van der Waals surface area contributed by atoms with E-state index in [1.54, 1.807) is 0 Å². The van der Waals surface area contributed by atoms with Crippen molar-refractivity contribution in [2.24, 2.45) is 11.7 Å². The number of piperidine rings is 2. The minimum absolute atomic E-state index is 0.0457. The molecular formula is C45H54N6O3. The molecule has 3 atom stereocenters. The Kier molecular flexibility index (Phi) is 11.1. The number of hydrogen-bond acceptors (Lipinski definition) is 5. The first-order valence-electron chi connectivity index (χ1n) is 19.6. The van der Waals surface area contributed by atoms with Crippen molar-refractivity contribution < 1.29 is 14.3 Å². The highest BCUT2D eigenvalue weighted by Crippen LogP contribution is 2.36. The number of benzene rings is 4. The average molecular weight is 727 g/mol. The number of urea groups is 1. The third kappa shape index (κ3) is 8.63. The predicted molar refractivity (Wildman–Crippen MR) is 217 cm³/mol. The van der Waals surface area contributed by atoms with Gasteiger partial charge in [-0.15, -0.1) is 0 Å². The summed E-state index contributed by atoms with van der Waals surface area (Å²) in [6.07, 6.45) is 7.44. The molecule has 1 aromatic heterocycles. The van der Waals surface area contributed by atoms with Crippen LogP contribution in [0, 0.1) is 12.8 Å². The number of nitrogens with one attached hydrogen (secondary N) is 2. The second-order valence-corrected chi connectivity index (χ2v) is 16.2. The van der Waals surface area contributed by atoms with E-state index < -0.39 is 18.0 Å². The SMILES string of the molecule is Cc1ccccc1NC(=O)NC(CC(N)=O)c1ccc2c(c1)nc(-c1cccc(Oc3ccc(C(C)(C)C)cc3)c1)n2CC[C@@H]1CCCN2CCCCC12. The quantitative estimate of drug-likeness (QED) is 0.126. The summed E-state index contributed by atoms with van der Waals surface area (Å²) in [6.45, 7) is 11.8. The third-order valence-corrected chi connectivity index (χ3v) is 11.3. The van der Waals surface area contributed by atoms with Crippen LogP contribution in [0.4, 0.5) is 10.5 Å². The molecule has 3 heterocycles. The van der Waals surface area contributed by atoms with Gasteiger partial charge in [-0.1, -0.05) is 75.7 Å². The summed E-state index contributed by atoms with van der Waals surface area (Å²) in [5.41, 5.74) is 12.2. The van der Waals surface area contributed by atoms with Crippen molar-refractivity contribution in [3.8, 4) is 22.9 Å². The van der Waals surface area contributed by atoms with Crippen LogP contribution in [0.2, 0.25) is 0 Å². The molecule has 2 unspecified atom stereocenters. The lowest BCUT2D eigenvalue weighted by Gasteiger charge is -2.44. The molecule has 4 N–H and O–H groups in total. The predicted octanol–water partition coefficient (Wildman–Crippen LogP) is 9.49. The maximum Gasteiger partial charge on any atom is 0.319 e. The molecule has 2 fully saturated rings. The largest absolute Gasteiger partial charge is 0.457 e. The molecule has 0 saturated carbocycles. The van der Waals surface area contributed by atoms with E-state index in [9.17, 15) is 9.59 Å². The van der Waals surface area contributed by atoms with Crippen molar-refractivity contribution in [2.45, 2.75) is 96.7 Å². The van der Waals surface area contributed by atoms with Crippen LogP contribution in [0.5, 0.6) is 11.5 Å². The summed E-state index contributed by atoms with van der Waals surface area (Å²) in [5.74, 6) is 2.53. The molecule has 7 rings (SSSR count). The van der Waals surface area contributed by atoms with E-state index in [1.807, 2.05) is 67.6 Å². The fourth-order valence-corrected chi connectivity index (χ4v) is 8.36. The lowest BCUT2D eigenvalue weighted by atomic mass is 9.81. The zero-order valence-electron chi connectivity index (χ0n) is 32.1. The second-order valence-electron chi connectivity index (χ2n) is 16.2. The standard InChI is InChI=1S/C45H54N6O3/c1-30-11-5-6-15-37(30)48-44(53)49-38(29-42(46)52)32-17-22-41-39(28-32)47-43(51(41)26-23-31-13-10-25-50-24-8-7-16-40(31)50)33-12-9-14-36(27-33)54-35-20-18-34(19-21-35)45(2,3)4/h5-6,9,11-12,14-15,17-22,27-28,31,38,40H,7-8,10,13,16,23-26,29H2,1-4H3,(H2,46,52)(H2,48,49,53)/t31-,38?,40?/m0/s1. The first kappa shape index (κ1) is 37.2. The van der Waals surface area contributed by atoms with Crippen LogP contribution in [0.3, 0.4) is 0 Å². The zero-order valence-corrected chi connectivity index (χ0v) is 32.1. The monoisotopic (exact) mass is 726 g/mol. The Labute approximate surface area is 319 Å². The molecule has 5 aromatic rings. The van der Waals surface area contributed by atoms with Gasteiger partial charge in [0.15, 0.2) is 0 Å². The van der Waals surface area contributed by atoms with Crippen LogP contribution in [0.1, 0.15) is 88.4 Å². The van der Waals surface area contributed by atoms with Gasteiger partial charge in [-0.25, -0.2) is 9.78 Å². The van der Waals surface area contributed by atoms with Crippen LogP contribution in [0.15, 0.2) is 91.0 Å². The number of hydrogen-bond donors (Lipinski definition) is 3. The number of fused-ring (bicyclic) bond motifs is 2. The van der Waals surface area contributed by atoms with Crippen molar-refractivity contribution in [3.63, 3.8) is 0 Å². The Bertz CT molecular complexity index is 2100. The fourth-order valence-electron chi connectivity index (χ4n) is 8.36. The number of nitrogens with two attached hydrogens (primary N) is 1. The van der Waals surface area contributed by atoms with E-state index in [2.05, 4.69) is 71.2 Å². The van der Waals surface area contributed by atoms with E-state index in [0.717, 1.165) is 58.0 Å². The van der Waals surface area contributed by atoms with Crippen LogP contribution in [-0.4, -0.2) is 45.5 Å². The minimum atomic E-state index is -0.634. The summed E-state index contributed by atoms with van der Waals surface area (Å²) in [4.78, 5) is 33.4. The highest BCUT2D eigenvalue weighted by atomic mass is 16.5. The van der Waals surface area contributed by atoms with Gasteiger partial charge in [-0.2, -0.15) is 0 Å². The Morgan fingerprint density at radius 3 is 2.48 bits per heavy atom. The Hall–Kier alpha value is -5.15. The van der Waals surface area contributed by atoms with Crippen LogP contribution < -0.4 is 21.1 Å². The first-order valence-corrected chi connectivity index (χ1v) is 19.6. The molecule has 0 bridgehead atoms. The number of imidazole rings is 1. The molecule has 9 nitrogen and oxygen atoms in total. The van der Waals surface area contributed by atoms with Gasteiger partial charge in [0.25, 0.3) is 0 Å². The van der Waals surface area contributed by atoms with Gasteiger partial charge in [-0.3, -0.25) is 4.79 Å². The third-order valence-electron chi connectivity index (χ3n) is 11.3. The van der Waals surface area contributed by atoms with Gasteiger partial charge in [0.05, 0.1) is 23.5 Å². The fraction of sp³-hybridized carbons (Fsp3) is 0.400. The summed E-state index contributed by atoms with van der Waals surface area (Å²) in [6, 6.07) is 29.7. The average Bonchev–Trinajstić information content (AvgIpc) is 3.52. The molecule has 2 aliphatic heterocycles. The van der Waals surface area contributed by atoms with Gasteiger partial charge < -0.3 is 30.6 Å². The second kappa shape index (κ2) is 16.1. The maximum absolute atomic E-state index is 13.2. The Morgan fingerprint density at radius 1 is 0.907 bits per heavy atom. The molecule has 0 spiro atoms. The number of carbonyl (C=O) groups is 2. The normalized spacial score (nSPS) is 18.1. The number of rotatable bonds is 11. The number of primary amides is 1. The number of para-hydroxylation sites is 1. The van der Waals surface area contributed by atoms with E-state index in [4.69, 9.17) is 15.5 Å². The van der Waals surface area contributed by atoms with Gasteiger partial charge in [0, 0.05) is 23.8 Å². The van der Waals surface area contributed by atoms with Crippen molar-refractivity contribution >= 4 is 28.7 Å². The Balaban J connectivity index is 1.20. The summed E-state index contributed by atoms with van der Waals surface area (Å²) in [5, 5.41) is 5.91. The van der Waals surface area contributed by atoms with Crippen molar-refractivity contribution in [1.29, 1.82) is 0 Å². The molecular weight excluding hydrogens is 673 g/mol. The number of ether oxygens (including phenoxy) is 1. The molecule has 9 heteroatoms. The van der Waals surface area contributed by atoms with Crippen molar-refractivity contribution in [3.05, 3.63) is 108 Å². The lowest BCUT2D eigenvalue weighted by molar-refractivity contribution is -0.118. The molecule has 282 valence electrons. The van der Waals surface area contributed by atoms with Crippen LogP contribution in [-0.2, 0) is 16.8 Å². The van der Waals surface area contributed by atoms with Gasteiger partial charge in [0.2, 0.25) is 5.91 Å².